The third-order valence-electron chi connectivity index (χ3n) is 4.76. The molecule has 3 aromatic rings. The Bertz CT molecular complexity index is 1020. The number of nitrogens with one attached hydrogen (secondary N) is 1. The Kier molecular flexibility index (Phi) is 6.84. The molecule has 0 radical (unpaired) electrons. The van der Waals surface area contributed by atoms with Gasteiger partial charge in [-0.3, -0.25) is 4.79 Å². The van der Waals surface area contributed by atoms with Gasteiger partial charge in [0.25, 0.3) is 0 Å². The van der Waals surface area contributed by atoms with Gasteiger partial charge in [0.15, 0.2) is 11.5 Å². The number of carbonyl (C=O) groups is 1. The lowest BCUT2D eigenvalue weighted by Crippen LogP contribution is -2.32. The summed E-state index contributed by atoms with van der Waals surface area (Å²) in [6.07, 6.45) is 3.63. The Morgan fingerprint density at radius 2 is 1.77 bits per heavy atom. The summed E-state index contributed by atoms with van der Waals surface area (Å²) in [6.45, 7) is 0. The number of benzene rings is 2. The molecule has 3 rings (SSSR count). The Balaban J connectivity index is 1.89. The molecule has 1 N–H and O–H groups in total. The molecule has 30 heavy (non-hydrogen) atoms. The Hall–Kier alpha value is -3.19. The Labute approximate surface area is 180 Å². The lowest BCUT2D eigenvalue weighted by Gasteiger charge is -2.20. The number of nitrogens with zero attached hydrogens (tertiary/aromatic N) is 2. The van der Waals surface area contributed by atoms with Crippen LogP contribution in [0.5, 0.6) is 17.2 Å². The molecule has 0 saturated carbocycles. The summed E-state index contributed by atoms with van der Waals surface area (Å²) in [4.78, 5) is 17.4. The van der Waals surface area contributed by atoms with E-state index in [2.05, 4.69) is 10.3 Å². The number of carbonyl (C=O) groups excluding carboxylic acids is 1. The molecule has 0 spiro atoms. The van der Waals surface area contributed by atoms with Crippen molar-refractivity contribution in [3.63, 3.8) is 0 Å². The number of ether oxygens (including phenoxy) is 3. The molecule has 0 aliphatic carbocycles. The Morgan fingerprint density at radius 3 is 2.33 bits per heavy atom. The molecule has 0 aliphatic heterocycles. The molecule has 158 valence electrons. The van der Waals surface area contributed by atoms with Crippen LogP contribution in [0.1, 0.15) is 23.0 Å². The van der Waals surface area contributed by atoms with Crippen molar-refractivity contribution in [2.45, 2.75) is 12.5 Å². The smallest absolute Gasteiger partial charge is 0.225 e. The molecule has 1 unspecified atom stereocenters. The SMILES string of the molecule is COc1ccc(CC(=O)NC(c2ccc(Cl)cc2)c2nccn2C)c(OC)c1OC. The quantitative estimate of drug-likeness (QED) is 0.592. The minimum absolute atomic E-state index is 0.0953. The first-order valence-electron chi connectivity index (χ1n) is 9.28. The summed E-state index contributed by atoms with van der Waals surface area (Å²) in [6, 6.07) is 10.4. The maximum Gasteiger partial charge on any atom is 0.225 e. The average molecular weight is 430 g/mol. The zero-order valence-electron chi connectivity index (χ0n) is 17.3. The van der Waals surface area contributed by atoms with E-state index in [4.69, 9.17) is 25.8 Å². The van der Waals surface area contributed by atoms with Crippen LogP contribution in [-0.4, -0.2) is 36.8 Å². The molecule has 2 aromatic carbocycles. The maximum atomic E-state index is 13.0. The first-order valence-corrected chi connectivity index (χ1v) is 9.66. The highest BCUT2D eigenvalue weighted by Crippen LogP contribution is 2.40. The summed E-state index contributed by atoms with van der Waals surface area (Å²) in [5, 5.41) is 3.69. The van der Waals surface area contributed by atoms with Crippen molar-refractivity contribution in [3.05, 3.63) is 70.8 Å². The van der Waals surface area contributed by atoms with Gasteiger partial charge < -0.3 is 24.1 Å². The first kappa shape index (κ1) is 21.5. The van der Waals surface area contributed by atoms with E-state index >= 15 is 0 Å². The summed E-state index contributed by atoms with van der Waals surface area (Å²) in [7, 11) is 6.49. The van der Waals surface area contributed by atoms with E-state index in [1.54, 1.807) is 37.6 Å². The number of hydrogen-bond acceptors (Lipinski definition) is 5. The molecular formula is C22H24ClN3O4. The van der Waals surface area contributed by atoms with Gasteiger partial charge >= 0.3 is 0 Å². The molecule has 0 bridgehead atoms. The van der Waals surface area contributed by atoms with Crippen LogP contribution >= 0.6 is 11.6 Å². The van der Waals surface area contributed by atoms with Crippen LogP contribution in [0.25, 0.3) is 0 Å². The largest absolute Gasteiger partial charge is 0.493 e. The first-order chi connectivity index (χ1) is 14.5. The number of amides is 1. The highest BCUT2D eigenvalue weighted by Gasteiger charge is 2.23. The third kappa shape index (κ3) is 4.52. The van der Waals surface area contributed by atoms with Gasteiger partial charge in [0, 0.05) is 30.0 Å². The standard InChI is InChI=1S/C22H24ClN3O4/c1-26-12-11-24-22(26)19(14-5-8-16(23)9-6-14)25-18(27)13-15-7-10-17(28-2)21(30-4)20(15)29-3/h5-12,19H,13H2,1-4H3,(H,25,27). The van der Waals surface area contributed by atoms with Crippen LogP contribution in [-0.2, 0) is 18.3 Å². The molecule has 7 nitrogen and oxygen atoms in total. The summed E-state index contributed by atoms with van der Waals surface area (Å²) < 4.78 is 18.1. The molecule has 0 fully saturated rings. The predicted octanol–water partition coefficient (Wildman–Crippen LogP) is 3.55. The van der Waals surface area contributed by atoms with E-state index in [1.807, 2.05) is 29.9 Å². The van der Waals surface area contributed by atoms with Crippen LogP contribution in [0.15, 0.2) is 48.8 Å². The number of hydrogen-bond donors (Lipinski definition) is 1. The third-order valence-corrected chi connectivity index (χ3v) is 5.01. The van der Waals surface area contributed by atoms with Crippen LogP contribution in [0.2, 0.25) is 5.02 Å². The molecule has 8 heteroatoms. The van der Waals surface area contributed by atoms with Crippen molar-refractivity contribution < 1.29 is 19.0 Å². The lowest BCUT2D eigenvalue weighted by molar-refractivity contribution is -0.121. The van der Waals surface area contributed by atoms with Crippen LogP contribution in [0.4, 0.5) is 0 Å². The van der Waals surface area contributed by atoms with Gasteiger partial charge in [-0.1, -0.05) is 29.8 Å². The van der Waals surface area contributed by atoms with Crippen LogP contribution < -0.4 is 19.5 Å². The van der Waals surface area contributed by atoms with Gasteiger partial charge in [0.2, 0.25) is 11.7 Å². The average Bonchev–Trinajstić information content (AvgIpc) is 3.17. The topological polar surface area (TPSA) is 74.6 Å². The van der Waals surface area contributed by atoms with Crippen molar-refractivity contribution in [1.82, 2.24) is 14.9 Å². The van der Waals surface area contributed by atoms with Crippen molar-refractivity contribution in [3.8, 4) is 17.2 Å². The fourth-order valence-electron chi connectivity index (χ4n) is 3.29. The molecule has 1 aromatic heterocycles. The van der Waals surface area contributed by atoms with E-state index in [9.17, 15) is 4.79 Å². The number of rotatable bonds is 8. The Morgan fingerprint density at radius 1 is 1.07 bits per heavy atom. The summed E-state index contributed by atoms with van der Waals surface area (Å²) >= 11 is 6.03. The number of aromatic nitrogens is 2. The van der Waals surface area contributed by atoms with Gasteiger partial charge in [0.05, 0.1) is 27.8 Å². The number of imidazole rings is 1. The van der Waals surface area contributed by atoms with Crippen molar-refractivity contribution in [2.75, 3.05) is 21.3 Å². The molecule has 1 atom stereocenters. The van der Waals surface area contributed by atoms with Crippen LogP contribution in [0, 0.1) is 0 Å². The number of halogens is 1. The van der Waals surface area contributed by atoms with Crippen molar-refractivity contribution in [1.29, 1.82) is 0 Å². The second kappa shape index (κ2) is 9.54. The van der Waals surface area contributed by atoms with Gasteiger partial charge in [-0.25, -0.2) is 4.98 Å². The molecule has 1 heterocycles. The normalized spacial score (nSPS) is 11.6. The van der Waals surface area contributed by atoms with Crippen molar-refractivity contribution >= 4 is 17.5 Å². The second-order valence-corrected chi connectivity index (χ2v) is 7.06. The molecule has 0 aliphatic rings. The minimum Gasteiger partial charge on any atom is -0.493 e. The van der Waals surface area contributed by atoms with E-state index in [1.165, 1.54) is 14.2 Å². The maximum absolute atomic E-state index is 13.0. The molecule has 1 amide bonds. The second-order valence-electron chi connectivity index (χ2n) is 6.62. The van der Waals surface area contributed by atoms with E-state index in [0.717, 1.165) is 5.56 Å². The zero-order valence-corrected chi connectivity index (χ0v) is 18.1. The van der Waals surface area contributed by atoms with Gasteiger partial charge in [0.1, 0.15) is 11.9 Å². The van der Waals surface area contributed by atoms with E-state index in [0.29, 0.717) is 33.7 Å². The van der Waals surface area contributed by atoms with Gasteiger partial charge in [-0.15, -0.1) is 0 Å². The van der Waals surface area contributed by atoms with Crippen molar-refractivity contribution in [2.24, 2.45) is 7.05 Å². The zero-order chi connectivity index (χ0) is 21.7. The van der Waals surface area contributed by atoms with E-state index in [-0.39, 0.29) is 12.3 Å². The summed E-state index contributed by atoms with van der Waals surface area (Å²) in [5.74, 6) is 1.97. The van der Waals surface area contributed by atoms with E-state index < -0.39 is 6.04 Å². The number of aryl methyl sites for hydroxylation is 1. The van der Waals surface area contributed by atoms with Gasteiger partial charge in [-0.2, -0.15) is 0 Å². The minimum atomic E-state index is -0.430. The van der Waals surface area contributed by atoms with Crippen LogP contribution in [0.3, 0.4) is 0 Å². The monoisotopic (exact) mass is 429 g/mol. The fraction of sp³-hybridized carbons (Fsp3) is 0.273. The summed E-state index contributed by atoms with van der Waals surface area (Å²) in [5.41, 5.74) is 1.56. The highest BCUT2D eigenvalue weighted by molar-refractivity contribution is 6.30. The lowest BCUT2D eigenvalue weighted by atomic mass is 10.0. The predicted molar refractivity (Wildman–Crippen MR) is 114 cm³/mol. The fourth-order valence-corrected chi connectivity index (χ4v) is 3.42. The highest BCUT2D eigenvalue weighted by atomic mass is 35.5. The van der Waals surface area contributed by atoms with Gasteiger partial charge in [-0.05, 0) is 23.8 Å². The number of methoxy groups -OCH3 is 3. The molecule has 0 saturated heterocycles. The molecular weight excluding hydrogens is 406 g/mol.